The number of amides is 2. The first-order chi connectivity index (χ1) is 18.9. The highest BCUT2D eigenvalue weighted by Gasteiger charge is 2.26. The van der Waals surface area contributed by atoms with Crippen molar-refractivity contribution in [1.82, 2.24) is 25.6 Å². The van der Waals surface area contributed by atoms with Crippen LogP contribution in [0.2, 0.25) is 0 Å². The molecule has 11 heteroatoms. The predicted molar refractivity (Wildman–Crippen MR) is 149 cm³/mol. The van der Waals surface area contributed by atoms with Gasteiger partial charge in [0.1, 0.15) is 0 Å². The number of hydrogen-bond donors (Lipinski definition) is 3. The minimum Gasteiger partial charge on any atom is -0.478 e. The second-order valence-electron chi connectivity index (χ2n) is 9.60. The molecule has 2 aliphatic rings. The molecular formula is C28H28N6O4S. The van der Waals surface area contributed by atoms with Crippen molar-refractivity contribution < 1.29 is 19.5 Å². The van der Waals surface area contributed by atoms with Gasteiger partial charge in [-0.2, -0.15) is 0 Å². The molecule has 0 spiro atoms. The normalized spacial score (nSPS) is 17.1. The molecule has 0 aliphatic carbocycles. The second-order valence-corrected chi connectivity index (χ2v) is 10.6. The van der Waals surface area contributed by atoms with Gasteiger partial charge in [-0.1, -0.05) is 17.7 Å². The number of piperidine rings is 1. The molecule has 2 aliphatic heterocycles. The Morgan fingerprint density at radius 3 is 2.69 bits per heavy atom. The Bertz CT molecular complexity index is 1430. The zero-order chi connectivity index (χ0) is 27.4. The molecule has 10 nitrogen and oxygen atoms in total. The van der Waals surface area contributed by atoms with Crippen LogP contribution in [0.1, 0.15) is 40.0 Å². The van der Waals surface area contributed by atoms with Crippen molar-refractivity contribution >= 4 is 40.9 Å². The smallest absolute Gasteiger partial charge is 0.336 e. The first-order valence-electron chi connectivity index (χ1n) is 12.7. The minimum absolute atomic E-state index is 0.246. The van der Waals surface area contributed by atoms with Crippen molar-refractivity contribution in [3.05, 3.63) is 76.1 Å². The molecule has 0 unspecified atom stereocenters. The van der Waals surface area contributed by atoms with E-state index >= 15 is 0 Å². The number of carbonyl (C=O) groups excluding carboxylic acids is 2. The third-order valence-electron chi connectivity index (χ3n) is 6.75. The first-order valence-corrected chi connectivity index (χ1v) is 13.5. The lowest BCUT2D eigenvalue weighted by molar-refractivity contribution is -0.115. The Kier molecular flexibility index (Phi) is 7.99. The number of thioether (sulfide) groups is 1. The number of aromatic nitrogens is 3. The topological polar surface area (TPSA) is 137 Å². The number of nitrogens with zero attached hydrogens (tertiary/aromatic N) is 4. The second kappa shape index (κ2) is 11.7. The van der Waals surface area contributed by atoms with Gasteiger partial charge in [0.25, 0.3) is 11.1 Å². The fraction of sp³-hybridized carbons (Fsp3) is 0.286. The fourth-order valence-corrected chi connectivity index (χ4v) is 5.32. The summed E-state index contributed by atoms with van der Waals surface area (Å²) in [5.74, 6) is -0.218. The third kappa shape index (κ3) is 6.50. The average molecular weight is 545 g/mol. The van der Waals surface area contributed by atoms with Crippen molar-refractivity contribution in [3.8, 4) is 11.3 Å². The van der Waals surface area contributed by atoms with Gasteiger partial charge in [-0.3, -0.25) is 19.9 Å². The highest BCUT2D eigenvalue weighted by molar-refractivity contribution is 8.18. The summed E-state index contributed by atoms with van der Waals surface area (Å²) in [6, 6.07) is 10.8. The van der Waals surface area contributed by atoms with Crippen LogP contribution in [0.5, 0.6) is 0 Å². The molecule has 2 aromatic heterocycles. The van der Waals surface area contributed by atoms with Gasteiger partial charge < -0.3 is 15.3 Å². The molecule has 4 heterocycles. The molecule has 2 amide bonds. The van der Waals surface area contributed by atoms with Gasteiger partial charge in [0, 0.05) is 37.6 Å². The van der Waals surface area contributed by atoms with Gasteiger partial charge in [-0.25, -0.2) is 14.8 Å². The molecule has 0 bridgehead atoms. The van der Waals surface area contributed by atoms with Crippen LogP contribution >= 0.6 is 11.8 Å². The predicted octanol–water partition coefficient (Wildman–Crippen LogP) is 3.88. The molecule has 2 saturated heterocycles. The van der Waals surface area contributed by atoms with Gasteiger partial charge in [-0.05, 0) is 79.9 Å². The molecule has 200 valence electrons. The number of nitrogens with one attached hydrogen (secondary N) is 2. The van der Waals surface area contributed by atoms with E-state index in [0.29, 0.717) is 40.3 Å². The number of pyridine rings is 1. The molecule has 39 heavy (non-hydrogen) atoms. The summed E-state index contributed by atoms with van der Waals surface area (Å²) in [5.41, 5.74) is 4.14. The largest absolute Gasteiger partial charge is 0.478 e. The maximum absolute atomic E-state index is 11.8. The van der Waals surface area contributed by atoms with Gasteiger partial charge in [0.15, 0.2) is 0 Å². The molecule has 0 atom stereocenters. The SMILES string of the molecule is Cc1ccc(C(=O)O)c(-c2ccc(CNCC3CCN(c4nccc(/C=C5\SC(=O)NC5=O)n4)CC3)cn2)c1. The summed E-state index contributed by atoms with van der Waals surface area (Å²) >= 11 is 0.873. The highest BCUT2D eigenvalue weighted by Crippen LogP contribution is 2.26. The zero-order valence-electron chi connectivity index (χ0n) is 21.4. The molecule has 1 aromatic carbocycles. The van der Waals surface area contributed by atoms with E-state index < -0.39 is 11.9 Å². The molecule has 0 saturated carbocycles. The van der Waals surface area contributed by atoms with Crippen LogP contribution in [-0.4, -0.2) is 56.8 Å². The van der Waals surface area contributed by atoms with E-state index in [1.54, 1.807) is 36.7 Å². The fourth-order valence-electron chi connectivity index (χ4n) is 4.65. The van der Waals surface area contributed by atoms with Crippen LogP contribution in [0, 0.1) is 12.8 Å². The van der Waals surface area contributed by atoms with E-state index in [2.05, 4.69) is 30.5 Å². The van der Waals surface area contributed by atoms with Gasteiger partial charge in [0.2, 0.25) is 5.95 Å². The third-order valence-corrected chi connectivity index (χ3v) is 7.56. The number of aryl methyl sites for hydroxylation is 1. The van der Waals surface area contributed by atoms with E-state index in [1.165, 1.54) is 0 Å². The van der Waals surface area contributed by atoms with Gasteiger partial charge in [-0.15, -0.1) is 0 Å². The summed E-state index contributed by atoms with van der Waals surface area (Å²) in [7, 11) is 0. The Labute approximate surface area is 230 Å². The van der Waals surface area contributed by atoms with E-state index in [-0.39, 0.29) is 10.8 Å². The van der Waals surface area contributed by atoms with Crippen LogP contribution in [0.4, 0.5) is 10.7 Å². The quantitative estimate of drug-likeness (QED) is 0.358. The zero-order valence-corrected chi connectivity index (χ0v) is 22.2. The van der Waals surface area contributed by atoms with Crippen molar-refractivity contribution in [1.29, 1.82) is 0 Å². The maximum atomic E-state index is 11.8. The Morgan fingerprint density at radius 2 is 2.00 bits per heavy atom. The number of benzene rings is 1. The van der Waals surface area contributed by atoms with Crippen molar-refractivity contribution in [2.24, 2.45) is 5.92 Å². The van der Waals surface area contributed by atoms with Gasteiger partial charge >= 0.3 is 5.97 Å². The number of hydrogen-bond acceptors (Lipinski definition) is 9. The number of aromatic carboxylic acids is 1. The number of imide groups is 1. The molecule has 2 fully saturated rings. The van der Waals surface area contributed by atoms with E-state index in [0.717, 1.165) is 55.4 Å². The molecule has 5 rings (SSSR count). The molecular weight excluding hydrogens is 516 g/mol. The number of carboxylic acid groups (broad SMARTS) is 1. The maximum Gasteiger partial charge on any atom is 0.336 e. The van der Waals surface area contributed by atoms with Crippen LogP contribution < -0.4 is 15.5 Å². The Balaban J connectivity index is 1.11. The lowest BCUT2D eigenvalue weighted by Gasteiger charge is -2.32. The van der Waals surface area contributed by atoms with E-state index in [9.17, 15) is 19.5 Å². The van der Waals surface area contributed by atoms with E-state index in [4.69, 9.17) is 0 Å². The highest BCUT2D eigenvalue weighted by atomic mass is 32.2. The number of rotatable bonds is 8. The van der Waals surface area contributed by atoms with Gasteiger partial charge in [0.05, 0.1) is 21.9 Å². The lowest BCUT2D eigenvalue weighted by Crippen LogP contribution is -2.38. The van der Waals surface area contributed by atoms with Crippen LogP contribution in [0.25, 0.3) is 17.3 Å². The standard InChI is InChI=1S/C28H28N6O4S/c1-17-2-4-21(26(36)37)22(12-17)23-5-3-19(16-31-23)15-29-14-18-7-10-34(11-8-18)27-30-9-6-20(32-27)13-24-25(35)33-28(38)39-24/h2-6,9,12-13,16,18,29H,7-8,10-11,14-15H2,1H3,(H,36,37)(H,33,35,38)/b24-13-. The Morgan fingerprint density at radius 1 is 1.18 bits per heavy atom. The van der Waals surface area contributed by atoms with Crippen LogP contribution in [0.3, 0.4) is 0 Å². The molecule has 3 N–H and O–H groups in total. The number of carboxylic acids is 1. The molecule has 3 aromatic rings. The summed E-state index contributed by atoms with van der Waals surface area (Å²) < 4.78 is 0. The lowest BCUT2D eigenvalue weighted by atomic mass is 9.97. The monoisotopic (exact) mass is 544 g/mol. The average Bonchev–Trinajstić information content (AvgIpc) is 3.25. The first kappa shape index (κ1) is 26.5. The summed E-state index contributed by atoms with van der Waals surface area (Å²) in [4.78, 5) is 50.8. The summed E-state index contributed by atoms with van der Waals surface area (Å²) in [6.07, 6.45) is 7.07. The molecule has 0 radical (unpaired) electrons. The number of carbonyl (C=O) groups is 3. The van der Waals surface area contributed by atoms with E-state index in [1.807, 2.05) is 25.1 Å². The van der Waals surface area contributed by atoms with Crippen molar-refractivity contribution in [3.63, 3.8) is 0 Å². The minimum atomic E-state index is -0.963. The summed E-state index contributed by atoms with van der Waals surface area (Å²) in [6.45, 7) is 5.16. The summed E-state index contributed by atoms with van der Waals surface area (Å²) in [5, 5.41) is 14.9. The van der Waals surface area contributed by atoms with Crippen LogP contribution in [0.15, 0.2) is 53.7 Å². The Hall–Kier alpha value is -4.09. The number of anilines is 1. The van der Waals surface area contributed by atoms with Crippen LogP contribution in [-0.2, 0) is 11.3 Å². The van der Waals surface area contributed by atoms with Crippen molar-refractivity contribution in [2.75, 3.05) is 24.5 Å². The van der Waals surface area contributed by atoms with Crippen molar-refractivity contribution in [2.45, 2.75) is 26.3 Å².